The summed E-state index contributed by atoms with van der Waals surface area (Å²) in [5.41, 5.74) is 4.57. The first-order chi connectivity index (χ1) is 31.4. The zero-order valence-corrected chi connectivity index (χ0v) is 40.5. The van der Waals surface area contributed by atoms with E-state index in [-0.39, 0.29) is 18.7 Å². The molecule has 1 aromatic rings. The number of unbranched alkanes of at least 4 members (excludes halogenated alkanes) is 9. The molecule has 66 heavy (non-hydrogen) atoms. The molecule has 1 fully saturated rings. The number of nitrogens with two attached hydrogens (primary N) is 1. The van der Waals surface area contributed by atoms with Crippen LogP contribution >= 0.6 is 15.6 Å². The highest BCUT2D eigenvalue weighted by Crippen LogP contribution is 2.60. The maximum atomic E-state index is 12.8. The van der Waals surface area contributed by atoms with E-state index < -0.39 is 89.8 Å². The second kappa shape index (κ2) is 33.2. The molecule has 1 aromatic heterocycles. The number of hydrogen-bond donors (Lipinski definition) is 6. The van der Waals surface area contributed by atoms with Crippen LogP contribution in [-0.4, -0.2) is 96.9 Å². The molecule has 0 aromatic carbocycles. The fourth-order valence-electron chi connectivity index (χ4n) is 6.54. The molecule has 0 amide bonds. The van der Waals surface area contributed by atoms with Gasteiger partial charge < -0.3 is 45.1 Å². The zero-order valence-electron chi connectivity index (χ0n) is 38.8. The number of carbonyl (C=O) groups is 2. The predicted molar refractivity (Wildman–Crippen MR) is 248 cm³/mol. The number of phosphoric ester groups is 2. The monoisotopic (exact) mass is 975 g/mol. The van der Waals surface area contributed by atoms with Gasteiger partial charge in [-0.05, 0) is 50.5 Å². The third-order valence-electron chi connectivity index (χ3n) is 10.2. The molecule has 8 atom stereocenters. The Hall–Kier alpha value is -3.32. The van der Waals surface area contributed by atoms with Gasteiger partial charge in [0, 0.05) is 19.0 Å². The number of ether oxygens (including phenoxy) is 3. The van der Waals surface area contributed by atoms with E-state index in [0.29, 0.717) is 31.6 Å². The van der Waals surface area contributed by atoms with Gasteiger partial charge in [0.1, 0.15) is 30.7 Å². The molecule has 0 aliphatic carbocycles. The fourth-order valence-corrected chi connectivity index (χ4v) is 8.65. The van der Waals surface area contributed by atoms with Gasteiger partial charge in [-0.1, -0.05) is 134 Å². The van der Waals surface area contributed by atoms with E-state index in [1.807, 2.05) is 42.5 Å². The van der Waals surface area contributed by atoms with Crippen molar-refractivity contribution in [2.24, 2.45) is 5.92 Å². The van der Waals surface area contributed by atoms with Gasteiger partial charge in [-0.2, -0.15) is 9.29 Å². The second-order valence-electron chi connectivity index (χ2n) is 16.6. The number of aliphatic hydroxyl groups is 3. The fraction of sp³-hybridized carbons (Fsp3) is 0.689. The first-order valence-electron chi connectivity index (χ1n) is 23.1. The number of carbonyl (C=O) groups excluding carboxylic acids is 2. The standard InChI is InChI=1S/C45H75N3O16P2/c1-4-5-20-26-36(49)27-22-17-13-9-7-6-8-10-14-19-24-29-41(51)62-37(32-59-40(50)28-23-18-15-11-12-16-21-25-35(2)3)33-60-65(55,56)64-66(57,58)61-34-38-42(52)43(53)44(63-38)48-31-30-39(46)47-45(48)54/h6-7,10,13-14,17,22,27,30-31,35-38,42-44,49,52-53H,4-5,8-9,11-12,15-16,18-21,23-26,28-29,32-34H2,1-3H3,(H,55,56)(H,57,58)(H2,46,47,54)/b7-6-,14-10-,17-13-,27-22+/t36-,37+,38+,42+,43+,44+/m0/s1. The van der Waals surface area contributed by atoms with Crippen LogP contribution < -0.4 is 11.4 Å². The van der Waals surface area contributed by atoms with Crippen LogP contribution in [0.1, 0.15) is 143 Å². The SMILES string of the molecule is CCCCC[C@H](O)/C=C/C=C\C/C=C\C/C=C\CCCC(=O)O[C@H](COC(=O)CCCCCCCCCC(C)C)COP(=O)(O)OP(=O)(O)OC[C@H]1O[C@@H](n2ccc(N)nc2=O)[C@H](O)[C@@H]1O. The van der Waals surface area contributed by atoms with E-state index in [2.05, 4.69) is 30.1 Å². The van der Waals surface area contributed by atoms with Gasteiger partial charge in [0.05, 0.1) is 19.3 Å². The molecule has 0 saturated carbocycles. The van der Waals surface area contributed by atoms with Gasteiger partial charge in [-0.15, -0.1) is 0 Å². The van der Waals surface area contributed by atoms with Crippen LogP contribution in [-0.2, 0) is 46.3 Å². The Labute approximate surface area is 389 Å². The molecule has 1 saturated heterocycles. The Balaban J connectivity index is 1.87. The Kier molecular flexibility index (Phi) is 29.6. The number of aromatic nitrogens is 2. The van der Waals surface area contributed by atoms with Crippen molar-refractivity contribution >= 4 is 33.4 Å². The molecule has 0 spiro atoms. The highest BCUT2D eigenvalue weighted by Gasteiger charge is 2.46. The van der Waals surface area contributed by atoms with Gasteiger partial charge >= 0.3 is 33.3 Å². The van der Waals surface area contributed by atoms with Gasteiger partial charge in [0.2, 0.25) is 0 Å². The molecule has 19 nitrogen and oxygen atoms in total. The lowest BCUT2D eigenvalue weighted by molar-refractivity contribution is -0.161. The molecule has 0 bridgehead atoms. The van der Waals surface area contributed by atoms with Crippen molar-refractivity contribution in [2.45, 2.75) is 173 Å². The number of hydrogen-bond acceptors (Lipinski definition) is 16. The number of aliphatic hydroxyl groups excluding tert-OH is 3. The van der Waals surface area contributed by atoms with E-state index in [1.54, 1.807) is 6.08 Å². The third-order valence-corrected chi connectivity index (χ3v) is 12.8. The summed E-state index contributed by atoms with van der Waals surface area (Å²) in [5.74, 6) is -0.712. The Bertz CT molecular complexity index is 1820. The second-order valence-corrected chi connectivity index (χ2v) is 19.6. The highest BCUT2D eigenvalue weighted by atomic mass is 31.3. The molecule has 2 rings (SSSR count). The van der Waals surface area contributed by atoms with Gasteiger partial charge in [0.25, 0.3) is 0 Å². The minimum absolute atomic E-state index is 0.0468. The topological polar surface area (TPSA) is 286 Å². The molecular weight excluding hydrogens is 900 g/mol. The summed E-state index contributed by atoms with van der Waals surface area (Å²) in [7, 11) is -10.9. The lowest BCUT2D eigenvalue weighted by atomic mass is 10.0. The molecule has 21 heteroatoms. The summed E-state index contributed by atoms with van der Waals surface area (Å²) in [4.78, 5) is 61.6. The number of phosphoric acid groups is 2. The minimum atomic E-state index is -5.44. The molecule has 0 radical (unpaired) electrons. The van der Waals surface area contributed by atoms with E-state index >= 15 is 0 Å². The Morgan fingerprint density at radius 2 is 1.47 bits per heavy atom. The van der Waals surface area contributed by atoms with Crippen LogP contribution in [0.4, 0.5) is 5.82 Å². The Morgan fingerprint density at radius 1 is 0.833 bits per heavy atom. The predicted octanol–water partition coefficient (Wildman–Crippen LogP) is 7.43. The molecule has 1 aliphatic heterocycles. The molecule has 2 heterocycles. The minimum Gasteiger partial charge on any atom is -0.462 e. The maximum absolute atomic E-state index is 12.8. The van der Waals surface area contributed by atoms with Crippen molar-refractivity contribution in [1.82, 2.24) is 9.55 Å². The lowest BCUT2D eigenvalue weighted by Gasteiger charge is -2.21. The number of nitrogen functional groups attached to an aromatic ring is 1. The Morgan fingerprint density at radius 3 is 2.17 bits per heavy atom. The van der Waals surface area contributed by atoms with E-state index in [0.717, 1.165) is 68.6 Å². The van der Waals surface area contributed by atoms with Crippen LogP contribution in [0.5, 0.6) is 0 Å². The van der Waals surface area contributed by atoms with Gasteiger partial charge in [-0.3, -0.25) is 23.2 Å². The number of nitrogens with zero attached hydrogens (tertiary/aromatic N) is 2. The average Bonchev–Trinajstić information content (AvgIpc) is 3.53. The first-order valence-corrected chi connectivity index (χ1v) is 26.1. The van der Waals surface area contributed by atoms with Crippen LogP contribution in [0, 0.1) is 5.92 Å². The highest BCUT2D eigenvalue weighted by molar-refractivity contribution is 7.61. The van der Waals surface area contributed by atoms with Gasteiger partial charge in [-0.25, -0.2) is 13.9 Å². The molecule has 2 unspecified atom stereocenters. The number of allylic oxidation sites excluding steroid dienone is 7. The molecule has 1 aliphatic rings. The van der Waals surface area contributed by atoms with Crippen molar-refractivity contribution in [3.63, 3.8) is 0 Å². The summed E-state index contributed by atoms with van der Waals surface area (Å²) in [5, 5.41) is 30.8. The van der Waals surface area contributed by atoms with Crippen LogP contribution in [0.3, 0.4) is 0 Å². The average molecular weight is 976 g/mol. The van der Waals surface area contributed by atoms with Crippen molar-refractivity contribution in [2.75, 3.05) is 25.6 Å². The van der Waals surface area contributed by atoms with Crippen LogP contribution in [0.2, 0.25) is 0 Å². The van der Waals surface area contributed by atoms with Crippen molar-refractivity contribution in [1.29, 1.82) is 0 Å². The number of anilines is 1. The molecule has 376 valence electrons. The van der Waals surface area contributed by atoms with Crippen molar-refractivity contribution < 1.29 is 71.4 Å². The van der Waals surface area contributed by atoms with Crippen molar-refractivity contribution in [3.05, 3.63) is 71.4 Å². The van der Waals surface area contributed by atoms with Gasteiger partial charge in [0.15, 0.2) is 12.3 Å². The number of esters is 2. The normalized spacial score (nSPS) is 20.7. The third kappa shape index (κ3) is 26.9. The summed E-state index contributed by atoms with van der Waals surface area (Å²) in [6, 6.07) is 1.24. The quantitative estimate of drug-likeness (QED) is 0.0125. The van der Waals surface area contributed by atoms with E-state index in [1.165, 1.54) is 25.3 Å². The van der Waals surface area contributed by atoms with Crippen LogP contribution in [0.15, 0.2) is 65.7 Å². The van der Waals surface area contributed by atoms with Crippen molar-refractivity contribution in [3.8, 4) is 0 Å². The van der Waals surface area contributed by atoms with Crippen LogP contribution in [0.25, 0.3) is 0 Å². The van der Waals surface area contributed by atoms with E-state index in [9.17, 15) is 48.6 Å². The molecular formula is C45H75N3O16P2. The first kappa shape index (κ1) is 58.8. The zero-order chi connectivity index (χ0) is 48.8. The lowest BCUT2D eigenvalue weighted by Crippen LogP contribution is -2.36. The largest absolute Gasteiger partial charge is 0.481 e. The summed E-state index contributed by atoms with van der Waals surface area (Å²) < 4.78 is 56.5. The summed E-state index contributed by atoms with van der Waals surface area (Å²) in [6.45, 7) is 4.16. The van der Waals surface area contributed by atoms with E-state index in [4.69, 9.17) is 29.0 Å². The smallest absolute Gasteiger partial charge is 0.462 e. The molecule has 7 N–H and O–H groups in total. The maximum Gasteiger partial charge on any atom is 0.481 e. The summed E-state index contributed by atoms with van der Waals surface area (Å²) in [6.07, 6.45) is 22.9. The number of rotatable bonds is 36. The summed E-state index contributed by atoms with van der Waals surface area (Å²) >= 11 is 0.